The Morgan fingerprint density at radius 3 is 2.70 bits per heavy atom. The zero-order chi connectivity index (χ0) is 7.61. The topological polar surface area (TPSA) is 23.5 Å². The first-order valence-electron chi connectivity index (χ1n) is 3.96. The van der Waals surface area contributed by atoms with E-state index in [1.54, 1.807) is 0 Å². The molecule has 1 aliphatic heterocycles. The molecule has 60 valence electrons. The second-order valence-electron chi connectivity index (χ2n) is 3.81. The standard InChI is InChI=1S/C8H17NO/c1-8(7-10)4-3-5-9(2)6-8/h10H,3-7H2,1-2H3. The van der Waals surface area contributed by atoms with Crippen molar-refractivity contribution >= 4 is 0 Å². The van der Waals surface area contributed by atoms with Crippen molar-refractivity contribution in [3.63, 3.8) is 0 Å². The van der Waals surface area contributed by atoms with E-state index in [0.717, 1.165) is 6.54 Å². The molecule has 0 aliphatic carbocycles. The third kappa shape index (κ3) is 1.70. The van der Waals surface area contributed by atoms with Crippen molar-refractivity contribution in [1.82, 2.24) is 4.90 Å². The number of likely N-dealkylation sites (tertiary alicyclic amines) is 1. The van der Waals surface area contributed by atoms with E-state index >= 15 is 0 Å². The Bertz CT molecular complexity index is 116. The van der Waals surface area contributed by atoms with Crippen LogP contribution in [0.4, 0.5) is 0 Å². The summed E-state index contributed by atoms with van der Waals surface area (Å²) in [4.78, 5) is 2.29. The molecule has 1 unspecified atom stereocenters. The highest BCUT2D eigenvalue weighted by Crippen LogP contribution is 2.27. The summed E-state index contributed by atoms with van der Waals surface area (Å²) in [6.45, 7) is 4.72. The van der Waals surface area contributed by atoms with Crippen molar-refractivity contribution in [3.8, 4) is 0 Å². The number of rotatable bonds is 1. The summed E-state index contributed by atoms with van der Waals surface area (Å²) >= 11 is 0. The fourth-order valence-corrected chi connectivity index (χ4v) is 1.71. The normalized spacial score (nSPS) is 36.3. The first-order valence-corrected chi connectivity index (χ1v) is 3.96. The van der Waals surface area contributed by atoms with Crippen LogP contribution < -0.4 is 0 Å². The Balaban J connectivity index is 2.45. The number of aliphatic hydroxyl groups excluding tert-OH is 1. The van der Waals surface area contributed by atoms with Crippen molar-refractivity contribution in [2.75, 3.05) is 26.7 Å². The summed E-state index contributed by atoms with van der Waals surface area (Å²) in [5, 5.41) is 9.04. The smallest absolute Gasteiger partial charge is 0.0497 e. The number of hydrogen-bond donors (Lipinski definition) is 1. The van der Waals surface area contributed by atoms with Crippen LogP contribution in [0.25, 0.3) is 0 Å². The van der Waals surface area contributed by atoms with Crippen LogP contribution in [0, 0.1) is 5.41 Å². The molecule has 1 heterocycles. The molecule has 0 amide bonds. The average Bonchev–Trinajstić information content (AvgIpc) is 1.88. The van der Waals surface area contributed by atoms with Crippen LogP contribution in [-0.2, 0) is 0 Å². The van der Waals surface area contributed by atoms with Crippen LogP contribution >= 0.6 is 0 Å². The second kappa shape index (κ2) is 2.89. The molecule has 1 aliphatic rings. The molecule has 0 radical (unpaired) electrons. The molecular formula is C8H17NO. The Kier molecular flexibility index (Phi) is 2.32. The fourth-order valence-electron chi connectivity index (χ4n) is 1.71. The highest BCUT2D eigenvalue weighted by atomic mass is 16.3. The van der Waals surface area contributed by atoms with Gasteiger partial charge in [0.05, 0.1) is 0 Å². The maximum atomic E-state index is 9.04. The van der Waals surface area contributed by atoms with Gasteiger partial charge < -0.3 is 10.0 Å². The first-order chi connectivity index (χ1) is 4.66. The monoisotopic (exact) mass is 143 g/mol. The summed E-state index contributed by atoms with van der Waals surface area (Å²) in [6.07, 6.45) is 2.40. The molecule has 10 heavy (non-hydrogen) atoms. The number of hydrogen-bond acceptors (Lipinski definition) is 2. The summed E-state index contributed by atoms with van der Waals surface area (Å²) in [7, 11) is 2.12. The predicted octanol–water partition coefficient (Wildman–Crippen LogP) is 0.711. The van der Waals surface area contributed by atoms with E-state index in [4.69, 9.17) is 5.11 Å². The first kappa shape index (κ1) is 8.02. The van der Waals surface area contributed by atoms with E-state index in [-0.39, 0.29) is 5.41 Å². The SMILES string of the molecule is CN1CCCC(C)(CO)C1. The summed E-state index contributed by atoms with van der Waals surface area (Å²) in [6, 6.07) is 0. The van der Waals surface area contributed by atoms with Gasteiger partial charge in [-0.15, -0.1) is 0 Å². The largest absolute Gasteiger partial charge is 0.396 e. The molecule has 2 nitrogen and oxygen atoms in total. The lowest BCUT2D eigenvalue weighted by molar-refractivity contribution is 0.0592. The van der Waals surface area contributed by atoms with Crippen LogP contribution in [0.2, 0.25) is 0 Å². The molecule has 1 atom stereocenters. The van der Waals surface area contributed by atoms with Gasteiger partial charge in [0.2, 0.25) is 0 Å². The van der Waals surface area contributed by atoms with Crippen molar-refractivity contribution in [2.24, 2.45) is 5.41 Å². The quantitative estimate of drug-likeness (QED) is 0.584. The van der Waals surface area contributed by atoms with Gasteiger partial charge in [-0.3, -0.25) is 0 Å². The van der Waals surface area contributed by atoms with Gasteiger partial charge >= 0.3 is 0 Å². The van der Waals surface area contributed by atoms with Gasteiger partial charge in [0.25, 0.3) is 0 Å². The highest BCUT2D eigenvalue weighted by molar-refractivity contribution is 4.81. The molecule has 0 aromatic rings. The highest BCUT2D eigenvalue weighted by Gasteiger charge is 2.28. The van der Waals surface area contributed by atoms with Gasteiger partial charge in [0.1, 0.15) is 0 Å². The summed E-state index contributed by atoms with van der Waals surface area (Å²) < 4.78 is 0. The zero-order valence-corrected chi connectivity index (χ0v) is 6.93. The van der Waals surface area contributed by atoms with Gasteiger partial charge in [0, 0.05) is 18.6 Å². The van der Waals surface area contributed by atoms with Crippen molar-refractivity contribution in [3.05, 3.63) is 0 Å². The van der Waals surface area contributed by atoms with Crippen molar-refractivity contribution in [2.45, 2.75) is 19.8 Å². The van der Waals surface area contributed by atoms with Crippen LogP contribution in [0.1, 0.15) is 19.8 Å². The van der Waals surface area contributed by atoms with Crippen LogP contribution in [0.5, 0.6) is 0 Å². The lowest BCUT2D eigenvalue weighted by atomic mass is 9.83. The number of aliphatic hydroxyl groups is 1. The summed E-state index contributed by atoms with van der Waals surface area (Å²) in [5.41, 5.74) is 0.174. The van der Waals surface area contributed by atoms with E-state index < -0.39 is 0 Å². The zero-order valence-electron chi connectivity index (χ0n) is 6.93. The van der Waals surface area contributed by atoms with Gasteiger partial charge in [-0.05, 0) is 26.4 Å². The second-order valence-corrected chi connectivity index (χ2v) is 3.81. The lowest BCUT2D eigenvalue weighted by Crippen LogP contribution is -2.41. The molecule has 2 heteroatoms. The molecule has 0 spiro atoms. The third-order valence-corrected chi connectivity index (χ3v) is 2.35. The minimum absolute atomic E-state index is 0.174. The Morgan fingerprint density at radius 2 is 2.30 bits per heavy atom. The summed E-state index contributed by atoms with van der Waals surface area (Å²) in [5.74, 6) is 0. The Labute approximate surface area is 62.8 Å². The van der Waals surface area contributed by atoms with Gasteiger partial charge in [-0.1, -0.05) is 6.92 Å². The lowest BCUT2D eigenvalue weighted by Gasteiger charge is -2.37. The van der Waals surface area contributed by atoms with Gasteiger partial charge in [0.15, 0.2) is 0 Å². The molecule has 0 bridgehead atoms. The molecule has 1 N–H and O–H groups in total. The van der Waals surface area contributed by atoms with E-state index in [0.29, 0.717) is 6.61 Å². The molecule has 0 aromatic heterocycles. The van der Waals surface area contributed by atoms with Gasteiger partial charge in [-0.2, -0.15) is 0 Å². The maximum Gasteiger partial charge on any atom is 0.0497 e. The number of nitrogens with zero attached hydrogens (tertiary/aromatic N) is 1. The van der Waals surface area contributed by atoms with Crippen LogP contribution in [0.15, 0.2) is 0 Å². The molecule has 1 rings (SSSR count). The Morgan fingerprint density at radius 1 is 1.60 bits per heavy atom. The average molecular weight is 143 g/mol. The number of piperidine rings is 1. The maximum absolute atomic E-state index is 9.04. The van der Waals surface area contributed by atoms with Crippen LogP contribution in [-0.4, -0.2) is 36.8 Å². The molecule has 1 saturated heterocycles. The van der Waals surface area contributed by atoms with E-state index in [2.05, 4.69) is 18.9 Å². The van der Waals surface area contributed by atoms with Crippen LogP contribution in [0.3, 0.4) is 0 Å². The van der Waals surface area contributed by atoms with E-state index in [1.807, 2.05) is 0 Å². The van der Waals surface area contributed by atoms with Crippen molar-refractivity contribution in [1.29, 1.82) is 0 Å². The van der Waals surface area contributed by atoms with E-state index in [9.17, 15) is 0 Å². The molecule has 0 saturated carbocycles. The minimum atomic E-state index is 0.174. The molecular weight excluding hydrogens is 126 g/mol. The van der Waals surface area contributed by atoms with Crippen molar-refractivity contribution < 1.29 is 5.11 Å². The Hall–Kier alpha value is -0.0800. The fraction of sp³-hybridized carbons (Fsp3) is 1.00. The van der Waals surface area contributed by atoms with Gasteiger partial charge in [-0.25, -0.2) is 0 Å². The predicted molar refractivity (Wildman–Crippen MR) is 41.9 cm³/mol. The minimum Gasteiger partial charge on any atom is -0.396 e. The molecule has 1 fully saturated rings. The van der Waals surface area contributed by atoms with E-state index in [1.165, 1.54) is 19.4 Å². The molecule has 0 aromatic carbocycles. The third-order valence-electron chi connectivity index (χ3n) is 2.35.